The van der Waals surface area contributed by atoms with Crippen molar-refractivity contribution >= 4 is 29.5 Å². The fraction of sp³-hybridized carbons (Fsp3) is 0.179. The fourth-order valence-corrected chi connectivity index (χ4v) is 4.53. The Bertz CT molecular complexity index is 1410. The number of nitrogens with one attached hydrogen (secondary N) is 1. The van der Waals surface area contributed by atoms with Gasteiger partial charge in [0.25, 0.3) is 0 Å². The number of aliphatic carboxylic acids is 1. The second-order valence-electron chi connectivity index (χ2n) is 8.77. The lowest BCUT2D eigenvalue weighted by Gasteiger charge is -2.15. The van der Waals surface area contributed by atoms with Gasteiger partial charge >= 0.3 is 12.1 Å². The van der Waals surface area contributed by atoms with Crippen molar-refractivity contribution in [3.8, 4) is 22.5 Å². The number of nitrogens with zero attached hydrogens (tertiary/aromatic N) is 1. The van der Waals surface area contributed by atoms with E-state index in [1.54, 1.807) is 19.1 Å². The molecule has 182 valence electrons. The molecular weight excluding hydrogens is 480 g/mol. The van der Waals surface area contributed by atoms with Gasteiger partial charge in [0.1, 0.15) is 6.10 Å². The number of hydrogen-bond acceptors (Lipinski definition) is 5. The van der Waals surface area contributed by atoms with E-state index < -0.39 is 23.6 Å². The van der Waals surface area contributed by atoms with E-state index in [0.717, 1.165) is 22.3 Å². The maximum Gasteiger partial charge on any atom is 0.413 e. The van der Waals surface area contributed by atoms with Crippen molar-refractivity contribution in [1.82, 2.24) is 4.98 Å². The molecule has 1 unspecified atom stereocenters. The maximum absolute atomic E-state index is 12.5. The number of amides is 1. The van der Waals surface area contributed by atoms with Crippen molar-refractivity contribution in [2.24, 2.45) is 0 Å². The summed E-state index contributed by atoms with van der Waals surface area (Å²) in [6, 6.07) is 22.4. The first-order valence-electron chi connectivity index (χ1n) is 11.5. The summed E-state index contributed by atoms with van der Waals surface area (Å²) < 4.78 is 11.0. The van der Waals surface area contributed by atoms with E-state index in [4.69, 9.17) is 20.8 Å². The van der Waals surface area contributed by atoms with E-state index in [-0.39, 0.29) is 5.82 Å². The minimum Gasteiger partial charge on any atom is -0.481 e. The molecule has 1 amide bonds. The summed E-state index contributed by atoms with van der Waals surface area (Å²) in [6.45, 7) is 1.74. The Hall–Kier alpha value is -4.10. The standard InChI is InChI=1S/C28H23ClN2O5/c1-17(22-4-2-3-5-23(22)29)36-27(34)31-25-24(35-16-30-25)20-8-6-18(7-9-20)19-10-12-21(13-11-19)28(14-15-28)26(32)33/h2-13,16-17H,14-15H2,1H3,(H,31,34)(H,32,33). The largest absolute Gasteiger partial charge is 0.481 e. The van der Waals surface area contributed by atoms with Gasteiger partial charge in [0, 0.05) is 16.1 Å². The molecule has 1 aliphatic rings. The Kier molecular flexibility index (Phi) is 6.24. The molecule has 0 aliphatic heterocycles. The minimum atomic E-state index is -0.765. The molecule has 1 aromatic heterocycles. The average Bonchev–Trinajstić information content (AvgIpc) is 3.58. The van der Waals surface area contributed by atoms with Crippen molar-refractivity contribution in [3.05, 3.63) is 95.3 Å². The van der Waals surface area contributed by atoms with Crippen molar-refractivity contribution in [3.63, 3.8) is 0 Å². The molecule has 1 saturated carbocycles. The molecule has 3 aromatic carbocycles. The SMILES string of the molecule is CC(OC(=O)Nc1ncoc1-c1ccc(-c2ccc(C3(C(=O)O)CC3)cc2)cc1)c1ccccc1Cl. The van der Waals surface area contributed by atoms with Crippen LogP contribution in [0.25, 0.3) is 22.5 Å². The molecule has 4 aromatic rings. The third-order valence-corrected chi connectivity index (χ3v) is 6.84. The lowest BCUT2D eigenvalue weighted by atomic mass is 9.93. The van der Waals surface area contributed by atoms with Gasteiger partial charge in [-0.2, -0.15) is 4.98 Å². The number of benzene rings is 3. The molecule has 1 aliphatic carbocycles. The Morgan fingerprint density at radius 3 is 2.22 bits per heavy atom. The Labute approximate surface area is 212 Å². The number of halogens is 1. The third kappa shape index (κ3) is 4.57. The number of carbonyl (C=O) groups excluding carboxylic acids is 1. The summed E-state index contributed by atoms with van der Waals surface area (Å²) in [4.78, 5) is 28.1. The number of carboxylic acid groups (broad SMARTS) is 1. The van der Waals surface area contributed by atoms with Crippen LogP contribution in [0.3, 0.4) is 0 Å². The van der Waals surface area contributed by atoms with Crippen LogP contribution in [-0.2, 0) is 14.9 Å². The Morgan fingerprint density at radius 1 is 1.00 bits per heavy atom. The number of carboxylic acids is 1. The molecule has 0 radical (unpaired) electrons. The summed E-state index contributed by atoms with van der Waals surface area (Å²) in [5.74, 6) is -0.124. The molecule has 8 heteroatoms. The first-order chi connectivity index (χ1) is 17.4. The molecule has 36 heavy (non-hydrogen) atoms. The highest BCUT2D eigenvalue weighted by Crippen LogP contribution is 2.48. The summed E-state index contributed by atoms with van der Waals surface area (Å²) in [6.07, 6.45) is 1.38. The molecule has 0 spiro atoms. The lowest BCUT2D eigenvalue weighted by Crippen LogP contribution is -2.19. The van der Waals surface area contributed by atoms with Crippen molar-refractivity contribution in [2.45, 2.75) is 31.3 Å². The number of carbonyl (C=O) groups is 2. The summed E-state index contributed by atoms with van der Waals surface area (Å²) >= 11 is 6.19. The van der Waals surface area contributed by atoms with E-state index >= 15 is 0 Å². The normalized spacial score (nSPS) is 14.6. The zero-order valence-electron chi connectivity index (χ0n) is 19.4. The van der Waals surface area contributed by atoms with Crippen molar-refractivity contribution < 1.29 is 23.8 Å². The molecule has 2 N–H and O–H groups in total. The fourth-order valence-electron chi connectivity index (χ4n) is 4.24. The van der Waals surface area contributed by atoms with Crippen LogP contribution in [-0.4, -0.2) is 22.2 Å². The number of ether oxygens (including phenoxy) is 1. The van der Waals surface area contributed by atoms with Crippen LogP contribution < -0.4 is 5.32 Å². The van der Waals surface area contributed by atoms with Crippen LogP contribution in [0.2, 0.25) is 5.02 Å². The van der Waals surface area contributed by atoms with Crippen LogP contribution in [0.5, 0.6) is 0 Å². The summed E-state index contributed by atoms with van der Waals surface area (Å²) in [5, 5.41) is 12.6. The maximum atomic E-state index is 12.5. The zero-order chi connectivity index (χ0) is 25.3. The smallest absolute Gasteiger partial charge is 0.413 e. The first-order valence-corrected chi connectivity index (χ1v) is 11.9. The third-order valence-electron chi connectivity index (χ3n) is 6.49. The molecule has 0 saturated heterocycles. The molecule has 1 atom stereocenters. The van der Waals surface area contributed by atoms with Gasteiger partial charge in [-0.3, -0.25) is 10.1 Å². The van der Waals surface area contributed by atoms with Gasteiger partial charge < -0.3 is 14.3 Å². The molecule has 0 bridgehead atoms. The number of aromatic nitrogens is 1. The van der Waals surface area contributed by atoms with Crippen LogP contribution in [0.1, 0.15) is 37.0 Å². The lowest BCUT2D eigenvalue weighted by molar-refractivity contribution is -0.140. The highest BCUT2D eigenvalue weighted by Gasteiger charge is 2.51. The van der Waals surface area contributed by atoms with Crippen molar-refractivity contribution in [1.29, 1.82) is 0 Å². The second kappa shape index (κ2) is 9.51. The Balaban J connectivity index is 1.27. The molecular formula is C28H23ClN2O5. The predicted octanol–water partition coefficient (Wildman–Crippen LogP) is 7.09. The van der Waals surface area contributed by atoms with Gasteiger partial charge in [-0.25, -0.2) is 4.79 Å². The first kappa shape index (κ1) is 23.6. The highest BCUT2D eigenvalue weighted by atomic mass is 35.5. The van der Waals surface area contributed by atoms with Crippen LogP contribution in [0.15, 0.2) is 83.6 Å². The van der Waals surface area contributed by atoms with Gasteiger partial charge in [-0.05, 0) is 42.5 Å². The van der Waals surface area contributed by atoms with Gasteiger partial charge in [0.05, 0.1) is 5.41 Å². The number of oxazole rings is 1. The van der Waals surface area contributed by atoms with Crippen LogP contribution in [0, 0.1) is 0 Å². The van der Waals surface area contributed by atoms with Crippen LogP contribution in [0.4, 0.5) is 10.6 Å². The number of rotatable bonds is 7. The minimum absolute atomic E-state index is 0.242. The van der Waals surface area contributed by atoms with E-state index in [1.165, 1.54) is 6.39 Å². The van der Waals surface area contributed by atoms with E-state index in [9.17, 15) is 14.7 Å². The topological polar surface area (TPSA) is 102 Å². The molecule has 1 fully saturated rings. The van der Waals surface area contributed by atoms with Gasteiger partial charge in [-0.1, -0.05) is 78.3 Å². The van der Waals surface area contributed by atoms with E-state index in [1.807, 2.05) is 60.7 Å². The zero-order valence-corrected chi connectivity index (χ0v) is 20.2. The van der Waals surface area contributed by atoms with Crippen molar-refractivity contribution in [2.75, 3.05) is 5.32 Å². The Morgan fingerprint density at radius 2 is 1.61 bits per heavy atom. The summed E-state index contributed by atoms with van der Waals surface area (Å²) in [7, 11) is 0. The van der Waals surface area contributed by atoms with E-state index in [0.29, 0.717) is 29.2 Å². The average molecular weight is 503 g/mol. The molecule has 5 rings (SSSR count). The molecule has 7 nitrogen and oxygen atoms in total. The van der Waals surface area contributed by atoms with E-state index in [2.05, 4.69) is 10.3 Å². The van der Waals surface area contributed by atoms with Crippen LogP contribution >= 0.6 is 11.6 Å². The monoisotopic (exact) mass is 502 g/mol. The number of hydrogen-bond donors (Lipinski definition) is 2. The van der Waals surface area contributed by atoms with Gasteiger partial charge in [0.2, 0.25) is 0 Å². The quantitative estimate of drug-likeness (QED) is 0.280. The highest BCUT2D eigenvalue weighted by molar-refractivity contribution is 6.31. The predicted molar refractivity (Wildman–Crippen MR) is 136 cm³/mol. The second-order valence-corrected chi connectivity index (χ2v) is 9.17. The van der Waals surface area contributed by atoms with Gasteiger partial charge in [-0.15, -0.1) is 0 Å². The number of anilines is 1. The molecule has 1 heterocycles. The summed E-state index contributed by atoms with van der Waals surface area (Å²) in [5.41, 5.74) is 3.49. The van der Waals surface area contributed by atoms with Gasteiger partial charge in [0.15, 0.2) is 18.0 Å².